The van der Waals surface area contributed by atoms with Crippen LogP contribution in [0.15, 0.2) is 24.4 Å². The van der Waals surface area contributed by atoms with Gasteiger partial charge in [-0.1, -0.05) is 0 Å². The Morgan fingerprint density at radius 3 is 2.86 bits per heavy atom. The number of carbonyl (C=O) groups excluding carboxylic acids is 1. The molecule has 2 rings (SSSR count). The number of anilines is 2. The lowest BCUT2D eigenvalue weighted by Crippen LogP contribution is -2.26. The zero-order valence-corrected chi connectivity index (χ0v) is 12.8. The fourth-order valence-corrected chi connectivity index (χ4v) is 2.45. The fourth-order valence-electron chi connectivity index (χ4n) is 1.75. The smallest absolute Gasteiger partial charge is 0.345 e. The molecule has 0 saturated heterocycles. The average Bonchev–Trinajstić information content (AvgIpc) is 2.96. The first kappa shape index (κ1) is 15.7. The third kappa shape index (κ3) is 3.14. The molecule has 1 heterocycles. The molecule has 22 heavy (non-hydrogen) atoms. The van der Waals surface area contributed by atoms with Gasteiger partial charge in [0, 0.05) is 18.8 Å². The van der Waals surface area contributed by atoms with Gasteiger partial charge in [-0.25, -0.2) is 4.98 Å². The van der Waals surface area contributed by atoms with Crippen LogP contribution in [0.4, 0.5) is 15.8 Å². The lowest BCUT2D eigenvalue weighted by molar-refractivity contribution is -0.380. The van der Waals surface area contributed by atoms with Crippen molar-refractivity contribution in [3.63, 3.8) is 0 Å². The molecule has 1 aromatic heterocycles. The molecule has 2 N–H and O–H groups in total. The number of ether oxygens (including phenoxy) is 1. The maximum Gasteiger partial charge on any atom is 0.345 e. The molecular formula is C13H14N4O4S. The highest BCUT2D eigenvalue weighted by Crippen LogP contribution is 2.30. The van der Waals surface area contributed by atoms with E-state index in [1.165, 1.54) is 11.9 Å². The lowest BCUT2D eigenvalue weighted by atomic mass is 10.1. The van der Waals surface area contributed by atoms with Crippen LogP contribution in [0.1, 0.15) is 17.3 Å². The second kappa shape index (κ2) is 6.39. The van der Waals surface area contributed by atoms with Crippen LogP contribution in [0.3, 0.4) is 0 Å². The molecular weight excluding hydrogens is 308 g/mol. The largest absolute Gasteiger partial charge is 0.493 e. The number of nitrogen functional groups attached to an aromatic ring is 1. The fraction of sp³-hybridized carbons (Fsp3) is 0.231. The van der Waals surface area contributed by atoms with Crippen LogP contribution in [0.25, 0.3) is 0 Å². The van der Waals surface area contributed by atoms with Gasteiger partial charge in [0.05, 0.1) is 17.1 Å². The van der Waals surface area contributed by atoms with Gasteiger partial charge in [-0.05, 0) is 30.4 Å². The maximum atomic E-state index is 12.5. The van der Waals surface area contributed by atoms with E-state index in [4.69, 9.17) is 10.5 Å². The minimum absolute atomic E-state index is 0.128. The van der Waals surface area contributed by atoms with E-state index in [1.54, 1.807) is 25.1 Å². The number of aromatic nitrogens is 1. The Hall–Kier alpha value is -2.68. The van der Waals surface area contributed by atoms with Crippen LogP contribution >= 0.6 is 11.3 Å². The number of amides is 1. The van der Waals surface area contributed by atoms with Crippen LogP contribution in [0.5, 0.6) is 5.75 Å². The highest BCUT2D eigenvalue weighted by Gasteiger charge is 2.22. The summed E-state index contributed by atoms with van der Waals surface area (Å²) in [4.78, 5) is 27.8. The quantitative estimate of drug-likeness (QED) is 0.513. The number of rotatable bonds is 5. The number of nitro groups is 1. The van der Waals surface area contributed by atoms with E-state index < -0.39 is 4.92 Å². The van der Waals surface area contributed by atoms with Gasteiger partial charge >= 0.3 is 5.00 Å². The summed E-state index contributed by atoms with van der Waals surface area (Å²) < 4.78 is 5.42. The monoisotopic (exact) mass is 322 g/mol. The SMILES string of the molecule is CCOc1cc(N)ccc1C(=O)N(C)c1ncc([N+](=O)[O-])s1. The molecule has 0 spiro atoms. The van der Waals surface area contributed by atoms with Crippen LogP contribution in [-0.4, -0.2) is 29.5 Å². The van der Waals surface area contributed by atoms with Crippen molar-refractivity contribution in [2.24, 2.45) is 0 Å². The van der Waals surface area contributed by atoms with E-state index >= 15 is 0 Å². The minimum atomic E-state index is -0.547. The van der Waals surface area contributed by atoms with Gasteiger partial charge in [0.1, 0.15) is 11.9 Å². The highest BCUT2D eigenvalue weighted by atomic mass is 32.1. The molecule has 2 aromatic rings. The third-order valence-corrected chi connectivity index (χ3v) is 3.81. The molecule has 0 bridgehead atoms. The number of nitrogens with zero attached hydrogens (tertiary/aromatic N) is 3. The molecule has 0 saturated carbocycles. The number of hydrogen-bond acceptors (Lipinski definition) is 7. The summed E-state index contributed by atoms with van der Waals surface area (Å²) in [5.74, 6) is -0.0156. The topological polar surface area (TPSA) is 112 Å². The second-order valence-corrected chi connectivity index (χ2v) is 5.28. The van der Waals surface area contributed by atoms with Crippen LogP contribution in [0, 0.1) is 10.1 Å². The van der Waals surface area contributed by atoms with Gasteiger partial charge < -0.3 is 10.5 Å². The molecule has 0 aliphatic heterocycles. The van der Waals surface area contributed by atoms with E-state index in [0.717, 1.165) is 17.5 Å². The van der Waals surface area contributed by atoms with Gasteiger partial charge in [0.2, 0.25) is 0 Å². The zero-order chi connectivity index (χ0) is 16.3. The normalized spacial score (nSPS) is 10.3. The van der Waals surface area contributed by atoms with Gasteiger partial charge in [-0.15, -0.1) is 0 Å². The van der Waals surface area contributed by atoms with Crippen molar-refractivity contribution in [1.29, 1.82) is 0 Å². The molecule has 0 aliphatic rings. The van der Waals surface area contributed by atoms with Crippen molar-refractivity contribution in [2.45, 2.75) is 6.92 Å². The first-order valence-electron chi connectivity index (χ1n) is 6.34. The molecule has 0 unspecified atom stereocenters. The number of benzene rings is 1. The molecule has 1 amide bonds. The number of thiazole rings is 1. The van der Waals surface area contributed by atoms with E-state index in [-0.39, 0.29) is 16.0 Å². The maximum absolute atomic E-state index is 12.5. The molecule has 116 valence electrons. The summed E-state index contributed by atoms with van der Waals surface area (Å²) in [6.45, 7) is 2.18. The summed E-state index contributed by atoms with van der Waals surface area (Å²) in [5.41, 5.74) is 6.49. The predicted molar refractivity (Wildman–Crippen MR) is 83.5 cm³/mol. The van der Waals surface area contributed by atoms with Crippen LogP contribution in [0.2, 0.25) is 0 Å². The summed E-state index contributed by atoms with van der Waals surface area (Å²) >= 11 is 0.824. The summed E-state index contributed by atoms with van der Waals surface area (Å²) in [5, 5.41) is 10.8. The van der Waals surface area contributed by atoms with Crippen molar-refractivity contribution in [1.82, 2.24) is 4.98 Å². The molecule has 0 aliphatic carbocycles. The van der Waals surface area contributed by atoms with Crippen molar-refractivity contribution < 1.29 is 14.5 Å². The molecule has 0 fully saturated rings. The van der Waals surface area contributed by atoms with E-state index in [9.17, 15) is 14.9 Å². The minimum Gasteiger partial charge on any atom is -0.493 e. The summed E-state index contributed by atoms with van der Waals surface area (Å²) in [6, 6.07) is 4.71. The standard InChI is InChI=1S/C13H14N4O4S/c1-3-21-10-6-8(14)4-5-9(10)12(18)16(2)13-15-7-11(22-13)17(19)20/h4-7H,3,14H2,1-2H3. The van der Waals surface area contributed by atoms with Crippen molar-refractivity contribution in [3.8, 4) is 5.75 Å². The predicted octanol–water partition coefficient (Wildman–Crippen LogP) is 2.31. The Kier molecular flexibility index (Phi) is 4.56. The Bertz CT molecular complexity index is 716. The summed E-state index contributed by atoms with van der Waals surface area (Å²) in [6.07, 6.45) is 1.12. The van der Waals surface area contributed by atoms with E-state index in [1.807, 2.05) is 0 Å². The van der Waals surface area contributed by atoms with Crippen molar-refractivity contribution in [3.05, 3.63) is 40.1 Å². The van der Waals surface area contributed by atoms with Crippen molar-refractivity contribution in [2.75, 3.05) is 24.3 Å². The van der Waals surface area contributed by atoms with Gasteiger partial charge in [0.25, 0.3) is 5.91 Å². The number of carbonyl (C=O) groups is 1. The number of hydrogen-bond donors (Lipinski definition) is 1. The van der Waals surface area contributed by atoms with Gasteiger partial charge in [-0.3, -0.25) is 19.8 Å². The molecule has 0 atom stereocenters. The first-order chi connectivity index (χ1) is 10.4. The molecule has 8 nitrogen and oxygen atoms in total. The molecule has 9 heteroatoms. The van der Waals surface area contributed by atoms with Gasteiger partial charge in [-0.2, -0.15) is 0 Å². The average molecular weight is 322 g/mol. The number of nitrogens with two attached hydrogens (primary N) is 1. The highest BCUT2D eigenvalue weighted by molar-refractivity contribution is 7.18. The lowest BCUT2D eigenvalue weighted by Gasteiger charge is -2.16. The Labute approximate surface area is 130 Å². The van der Waals surface area contributed by atoms with Crippen LogP contribution < -0.4 is 15.4 Å². The Morgan fingerprint density at radius 2 is 2.27 bits per heavy atom. The Balaban J connectivity index is 2.32. The molecule has 0 radical (unpaired) electrons. The Morgan fingerprint density at radius 1 is 1.55 bits per heavy atom. The van der Waals surface area contributed by atoms with E-state index in [2.05, 4.69) is 4.98 Å². The summed E-state index contributed by atoms with van der Waals surface area (Å²) in [7, 11) is 1.50. The van der Waals surface area contributed by atoms with Crippen LogP contribution in [-0.2, 0) is 0 Å². The van der Waals surface area contributed by atoms with E-state index in [0.29, 0.717) is 23.6 Å². The second-order valence-electron chi connectivity index (χ2n) is 4.29. The van der Waals surface area contributed by atoms with Gasteiger partial charge in [0.15, 0.2) is 5.13 Å². The first-order valence-corrected chi connectivity index (χ1v) is 7.16. The van der Waals surface area contributed by atoms with Crippen molar-refractivity contribution >= 4 is 33.1 Å². The third-order valence-electron chi connectivity index (χ3n) is 2.79. The molecule has 1 aromatic carbocycles. The zero-order valence-electron chi connectivity index (χ0n) is 12.0.